The maximum Gasteiger partial charge on any atom is 0.174 e. The van der Waals surface area contributed by atoms with E-state index < -0.39 is 5.41 Å². The summed E-state index contributed by atoms with van der Waals surface area (Å²) in [4.78, 5) is 16.7. The van der Waals surface area contributed by atoms with Gasteiger partial charge in [-0.3, -0.25) is 0 Å². The molecule has 9 aromatic rings. The fourth-order valence-corrected chi connectivity index (χ4v) is 8.95. The molecule has 0 amide bonds. The van der Waals surface area contributed by atoms with Gasteiger partial charge in [-0.1, -0.05) is 176 Å². The monoisotopic (exact) mass is 681 g/mol. The molecule has 0 radical (unpaired) electrons. The van der Waals surface area contributed by atoms with Gasteiger partial charge in [0.2, 0.25) is 0 Å². The summed E-state index contributed by atoms with van der Waals surface area (Å²) in [7, 11) is 0. The maximum absolute atomic E-state index is 5.29. The summed E-state index contributed by atoms with van der Waals surface area (Å²) in [6.07, 6.45) is 0. The number of benzene rings is 7. The lowest BCUT2D eigenvalue weighted by Crippen LogP contribution is -2.28. The first-order valence-electron chi connectivity index (χ1n) is 17.5. The van der Waals surface area contributed by atoms with Crippen LogP contribution in [0.3, 0.4) is 0 Å². The molecule has 1 aliphatic rings. The van der Waals surface area contributed by atoms with Gasteiger partial charge in [0.25, 0.3) is 0 Å². The Kier molecular flexibility index (Phi) is 7.22. The van der Waals surface area contributed by atoms with E-state index in [9.17, 15) is 0 Å². The Morgan fingerprint density at radius 3 is 1.65 bits per heavy atom. The van der Waals surface area contributed by atoms with Gasteiger partial charge in [-0.25, -0.2) is 15.0 Å². The molecule has 7 aromatic carbocycles. The lowest BCUT2D eigenvalue weighted by Gasteiger charge is -2.33. The number of fused-ring (bicyclic) bond motifs is 4. The molecule has 3 nitrogen and oxygen atoms in total. The van der Waals surface area contributed by atoms with Crippen LogP contribution in [0.5, 0.6) is 0 Å². The van der Waals surface area contributed by atoms with Gasteiger partial charge in [-0.05, 0) is 62.0 Å². The van der Waals surface area contributed by atoms with E-state index in [-0.39, 0.29) is 0 Å². The van der Waals surface area contributed by atoms with Crippen LogP contribution in [0.4, 0.5) is 0 Å². The Morgan fingerprint density at radius 2 is 0.923 bits per heavy atom. The molecule has 0 atom stereocenters. The number of hydrogen-bond donors (Lipinski definition) is 0. The van der Waals surface area contributed by atoms with E-state index in [2.05, 4.69) is 182 Å². The van der Waals surface area contributed by atoms with Gasteiger partial charge in [0, 0.05) is 15.8 Å². The van der Waals surface area contributed by atoms with Crippen molar-refractivity contribution >= 4 is 21.4 Å². The van der Waals surface area contributed by atoms with E-state index in [0.29, 0.717) is 17.5 Å². The first-order valence-corrected chi connectivity index (χ1v) is 18.3. The number of aromatic nitrogens is 3. The largest absolute Gasteiger partial charge is 0.208 e. The summed E-state index contributed by atoms with van der Waals surface area (Å²) in [5.74, 6) is 1.99. The minimum absolute atomic E-state index is 0.512. The van der Waals surface area contributed by atoms with Crippen molar-refractivity contribution in [1.29, 1.82) is 0 Å². The second-order valence-electron chi connectivity index (χ2n) is 13.2. The summed E-state index contributed by atoms with van der Waals surface area (Å²) in [5.41, 5.74) is 11.0. The molecular weight excluding hydrogens is 651 g/mol. The van der Waals surface area contributed by atoms with Crippen LogP contribution in [0.15, 0.2) is 188 Å². The van der Waals surface area contributed by atoms with Crippen LogP contribution >= 0.6 is 11.3 Å². The van der Waals surface area contributed by atoms with E-state index in [1.165, 1.54) is 43.5 Å². The summed E-state index contributed by atoms with van der Waals surface area (Å²) in [5, 5.41) is 1.18. The molecule has 2 heterocycles. The molecule has 0 fully saturated rings. The van der Waals surface area contributed by atoms with Crippen molar-refractivity contribution in [2.24, 2.45) is 0 Å². The van der Waals surface area contributed by atoms with E-state index >= 15 is 0 Å². The quantitative estimate of drug-likeness (QED) is 0.175. The highest BCUT2D eigenvalue weighted by Crippen LogP contribution is 2.58. The molecule has 1 aliphatic carbocycles. The van der Waals surface area contributed by atoms with E-state index in [1.54, 1.807) is 11.3 Å². The summed E-state index contributed by atoms with van der Waals surface area (Å²) in [6.45, 7) is 0. The number of thiophene rings is 1. The molecule has 0 unspecified atom stereocenters. The van der Waals surface area contributed by atoms with Crippen molar-refractivity contribution < 1.29 is 0 Å². The Bertz CT molecular complexity index is 2650. The number of rotatable bonds is 6. The minimum Gasteiger partial charge on any atom is -0.208 e. The van der Waals surface area contributed by atoms with Crippen LogP contribution in [-0.4, -0.2) is 15.0 Å². The highest BCUT2D eigenvalue weighted by molar-refractivity contribution is 7.22. The Balaban J connectivity index is 1.22. The van der Waals surface area contributed by atoms with Gasteiger partial charge in [0.1, 0.15) is 0 Å². The molecule has 4 heteroatoms. The highest BCUT2D eigenvalue weighted by Gasteiger charge is 2.47. The van der Waals surface area contributed by atoms with Crippen LogP contribution in [0.1, 0.15) is 22.3 Å². The molecule has 10 rings (SSSR count). The molecule has 2 aromatic heterocycles. The molecule has 0 saturated carbocycles. The van der Waals surface area contributed by atoms with Crippen molar-refractivity contribution in [1.82, 2.24) is 15.0 Å². The molecule has 244 valence electrons. The van der Waals surface area contributed by atoms with Crippen LogP contribution in [0, 0.1) is 0 Å². The fourth-order valence-electron chi connectivity index (χ4n) is 7.95. The van der Waals surface area contributed by atoms with Crippen LogP contribution in [0.25, 0.3) is 65.8 Å². The van der Waals surface area contributed by atoms with Gasteiger partial charge in [0.05, 0.1) is 10.3 Å². The van der Waals surface area contributed by atoms with E-state index in [1.807, 2.05) is 6.07 Å². The van der Waals surface area contributed by atoms with Gasteiger partial charge >= 0.3 is 0 Å². The third-order valence-electron chi connectivity index (χ3n) is 10.3. The molecular formula is C48H31N3S. The fraction of sp³-hybridized carbons (Fsp3) is 0.0208. The minimum atomic E-state index is -0.512. The first-order chi connectivity index (χ1) is 25.8. The zero-order chi connectivity index (χ0) is 34.5. The predicted molar refractivity (Wildman–Crippen MR) is 214 cm³/mol. The molecule has 0 saturated heterocycles. The zero-order valence-corrected chi connectivity index (χ0v) is 29.0. The SMILES string of the molecule is c1ccc(-c2ccc(-c3nc(-c4cc5ccccc5s4)nc(-c4cccc5c4-c4ccccc4C5(c4ccccc4)c4ccccc4)n3)cc2)cc1. The van der Waals surface area contributed by atoms with Gasteiger partial charge in [-0.2, -0.15) is 0 Å². The van der Waals surface area contributed by atoms with Gasteiger partial charge in [0.15, 0.2) is 17.5 Å². The standard InChI is InChI=1S/C48H31N3S/c1-4-15-32(16-5-1)33-27-29-34(30-28-33)45-49-46(51-47(50-45)43-31-35-17-10-13-26-42(35)52-43)39-23-14-25-41-44(39)38-22-11-12-24-40(38)48(41,36-18-6-2-7-19-36)37-20-8-3-9-21-37/h1-31H. The van der Waals surface area contributed by atoms with Crippen LogP contribution in [0.2, 0.25) is 0 Å². The lowest BCUT2D eigenvalue weighted by molar-refractivity contribution is 0.768. The van der Waals surface area contributed by atoms with Crippen molar-refractivity contribution in [3.63, 3.8) is 0 Å². The third kappa shape index (κ3) is 4.84. The topological polar surface area (TPSA) is 38.7 Å². The third-order valence-corrected chi connectivity index (χ3v) is 11.4. The summed E-state index contributed by atoms with van der Waals surface area (Å²) >= 11 is 1.71. The van der Waals surface area contributed by atoms with E-state index in [0.717, 1.165) is 27.1 Å². The molecule has 0 N–H and O–H groups in total. The average molecular weight is 682 g/mol. The first kappa shape index (κ1) is 30.3. The van der Waals surface area contributed by atoms with Crippen LogP contribution < -0.4 is 0 Å². The highest BCUT2D eigenvalue weighted by atomic mass is 32.1. The van der Waals surface area contributed by atoms with Crippen molar-refractivity contribution in [2.45, 2.75) is 5.41 Å². The van der Waals surface area contributed by atoms with Crippen molar-refractivity contribution in [2.75, 3.05) is 0 Å². The predicted octanol–water partition coefficient (Wildman–Crippen LogP) is 12.1. The average Bonchev–Trinajstić information content (AvgIpc) is 3.80. The van der Waals surface area contributed by atoms with Gasteiger partial charge < -0.3 is 0 Å². The number of hydrogen-bond acceptors (Lipinski definition) is 4. The summed E-state index contributed by atoms with van der Waals surface area (Å²) in [6, 6.07) is 66.9. The maximum atomic E-state index is 5.29. The molecule has 0 bridgehead atoms. The Morgan fingerprint density at radius 1 is 0.385 bits per heavy atom. The normalized spacial score (nSPS) is 12.8. The number of nitrogens with zero attached hydrogens (tertiary/aromatic N) is 3. The van der Waals surface area contributed by atoms with Crippen LogP contribution in [-0.2, 0) is 5.41 Å². The lowest BCUT2D eigenvalue weighted by atomic mass is 9.67. The molecule has 0 aliphatic heterocycles. The van der Waals surface area contributed by atoms with Crippen molar-refractivity contribution in [3.05, 3.63) is 210 Å². The smallest absolute Gasteiger partial charge is 0.174 e. The Hall–Kier alpha value is -6.49. The zero-order valence-electron chi connectivity index (χ0n) is 28.1. The molecule has 0 spiro atoms. The van der Waals surface area contributed by atoms with Gasteiger partial charge in [-0.15, -0.1) is 11.3 Å². The van der Waals surface area contributed by atoms with E-state index in [4.69, 9.17) is 15.0 Å². The second kappa shape index (κ2) is 12.4. The second-order valence-corrected chi connectivity index (χ2v) is 14.2. The summed E-state index contributed by atoms with van der Waals surface area (Å²) < 4.78 is 1.21. The van der Waals surface area contributed by atoms with Crippen molar-refractivity contribution in [3.8, 4) is 55.7 Å². The Labute approximate surface area is 306 Å². The molecule has 52 heavy (non-hydrogen) atoms.